The Kier molecular flexibility index (Phi) is 4.66. The number of carbonyl (C=O) groups excluding carboxylic acids is 1. The van der Waals surface area contributed by atoms with Crippen molar-refractivity contribution in [3.63, 3.8) is 0 Å². The zero-order valence-electron chi connectivity index (χ0n) is 11.4. The van der Waals surface area contributed by atoms with Crippen molar-refractivity contribution in [2.75, 3.05) is 5.32 Å². The molecule has 1 aromatic heterocycles. The Morgan fingerprint density at radius 3 is 2.35 bits per heavy atom. The summed E-state index contributed by atoms with van der Waals surface area (Å²) in [6, 6.07) is 11.7. The first-order valence-electron chi connectivity index (χ1n) is 6.38. The normalized spacial score (nSPS) is 10.6. The average molecular weight is 413 g/mol. The Labute approximate surface area is 149 Å². The average Bonchev–Trinajstić information content (AvgIpc) is 2.95. The number of anilines is 1. The number of carbonyl (C=O) groups is 1. The smallest absolute Gasteiger partial charge is 0.322 e. The number of hydrogen-bond donors (Lipinski definition) is 1. The molecule has 0 spiro atoms. The standard InChI is InChI=1S/C15H8BrCl2N3O2/c16-10-3-1-8(2-4-10)13(22)19-15-21-20-14(23-15)9-5-11(17)7-12(18)6-9/h1-7H,(H,19,21,22). The van der Waals surface area contributed by atoms with Gasteiger partial charge in [-0.1, -0.05) is 44.2 Å². The second-order valence-electron chi connectivity index (χ2n) is 4.53. The monoisotopic (exact) mass is 411 g/mol. The molecular weight excluding hydrogens is 405 g/mol. The molecule has 0 unspecified atom stereocenters. The summed E-state index contributed by atoms with van der Waals surface area (Å²) in [4.78, 5) is 12.1. The maximum Gasteiger partial charge on any atom is 0.322 e. The Morgan fingerprint density at radius 2 is 1.70 bits per heavy atom. The van der Waals surface area contributed by atoms with Crippen LogP contribution in [0.4, 0.5) is 6.01 Å². The molecule has 3 rings (SSSR count). The van der Waals surface area contributed by atoms with Crippen molar-refractivity contribution in [1.29, 1.82) is 0 Å². The molecule has 0 saturated carbocycles. The lowest BCUT2D eigenvalue weighted by atomic mass is 10.2. The van der Waals surface area contributed by atoms with Gasteiger partial charge < -0.3 is 4.42 Å². The van der Waals surface area contributed by atoms with Gasteiger partial charge in [0.25, 0.3) is 5.91 Å². The first-order chi connectivity index (χ1) is 11.0. The van der Waals surface area contributed by atoms with E-state index in [1.54, 1.807) is 42.5 Å². The molecule has 3 aromatic rings. The topological polar surface area (TPSA) is 68.0 Å². The zero-order valence-corrected chi connectivity index (χ0v) is 14.5. The highest BCUT2D eigenvalue weighted by Gasteiger charge is 2.13. The van der Waals surface area contributed by atoms with Gasteiger partial charge in [0.05, 0.1) is 0 Å². The first-order valence-corrected chi connectivity index (χ1v) is 7.93. The largest absolute Gasteiger partial charge is 0.403 e. The maximum absolute atomic E-state index is 12.1. The maximum atomic E-state index is 12.1. The Morgan fingerprint density at radius 1 is 1.04 bits per heavy atom. The van der Waals surface area contributed by atoms with E-state index in [9.17, 15) is 4.79 Å². The molecule has 1 N–H and O–H groups in total. The third kappa shape index (κ3) is 3.90. The van der Waals surface area contributed by atoms with E-state index in [4.69, 9.17) is 27.6 Å². The van der Waals surface area contributed by atoms with E-state index >= 15 is 0 Å². The minimum absolute atomic E-state index is 0.0102. The van der Waals surface area contributed by atoms with Crippen molar-refractivity contribution in [3.05, 3.63) is 62.5 Å². The number of amides is 1. The number of nitrogens with one attached hydrogen (secondary N) is 1. The summed E-state index contributed by atoms with van der Waals surface area (Å²) in [5.41, 5.74) is 1.04. The van der Waals surface area contributed by atoms with Crippen LogP contribution in [0.2, 0.25) is 10.0 Å². The summed E-state index contributed by atoms with van der Waals surface area (Å²) in [5.74, 6) is -0.141. The van der Waals surface area contributed by atoms with Crippen LogP contribution in [0.3, 0.4) is 0 Å². The van der Waals surface area contributed by atoms with Crippen LogP contribution in [-0.2, 0) is 0 Å². The van der Waals surface area contributed by atoms with Gasteiger partial charge in [0.15, 0.2) is 0 Å². The van der Waals surface area contributed by atoms with Crippen LogP contribution in [0, 0.1) is 0 Å². The quantitative estimate of drug-likeness (QED) is 0.652. The Hall–Kier alpha value is -1.89. The van der Waals surface area contributed by atoms with Crippen LogP contribution >= 0.6 is 39.1 Å². The van der Waals surface area contributed by atoms with E-state index in [-0.39, 0.29) is 17.8 Å². The van der Waals surface area contributed by atoms with Crippen molar-refractivity contribution >= 4 is 51.1 Å². The lowest BCUT2D eigenvalue weighted by Crippen LogP contribution is -2.11. The van der Waals surface area contributed by atoms with Gasteiger partial charge in [-0.05, 0) is 42.5 Å². The number of halogens is 3. The van der Waals surface area contributed by atoms with Crippen molar-refractivity contribution in [2.24, 2.45) is 0 Å². The van der Waals surface area contributed by atoms with Crippen LogP contribution in [0.5, 0.6) is 0 Å². The molecule has 0 aliphatic carbocycles. The highest BCUT2D eigenvalue weighted by atomic mass is 79.9. The molecule has 1 amide bonds. The molecule has 23 heavy (non-hydrogen) atoms. The Balaban J connectivity index is 1.79. The second kappa shape index (κ2) is 6.70. The third-order valence-corrected chi connectivity index (χ3v) is 3.83. The highest BCUT2D eigenvalue weighted by Crippen LogP contribution is 2.27. The van der Waals surface area contributed by atoms with E-state index < -0.39 is 0 Å². The number of aromatic nitrogens is 2. The second-order valence-corrected chi connectivity index (χ2v) is 6.32. The van der Waals surface area contributed by atoms with Crippen LogP contribution in [-0.4, -0.2) is 16.1 Å². The predicted octanol–water partition coefficient (Wildman–Crippen LogP) is 5.06. The molecule has 0 aliphatic heterocycles. The summed E-state index contributed by atoms with van der Waals surface area (Å²) in [5, 5.41) is 11.1. The summed E-state index contributed by atoms with van der Waals surface area (Å²) in [6.07, 6.45) is 0. The Bertz CT molecular complexity index is 845. The molecule has 0 aliphatic rings. The zero-order chi connectivity index (χ0) is 16.4. The highest BCUT2D eigenvalue weighted by molar-refractivity contribution is 9.10. The number of nitrogens with zero attached hydrogens (tertiary/aromatic N) is 2. The summed E-state index contributed by atoms with van der Waals surface area (Å²) in [6.45, 7) is 0. The van der Waals surface area contributed by atoms with Crippen molar-refractivity contribution in [1.82, 2.24) is 10.2 Å². The van der Waals surface area contributed by atoms with Crippen LogP contribution in [0.15, 0.2) is 51.4 Å². The van der Waals surface area contributed by atoms with E-state index in [0.717, 1.165) is 4.47 Å². The van der Waals surface area contributed by atoms with Gasteiger partial charge >= 0.3 is 6.01 Å². The SMILES string of the molecule is O=C(Nc1nnc(-c2cc(Cl)cc(Cl)c2)o1)c1ccc(Br)cc1. The van der Waals surface area contributed by atoms with Gasteiger partial charge in [0.1, 0.15) is 0 Å². The lowest BCUT2D eigenvalue weighted by molar-refractivity contribution is 0.102. The van der Waals surface area contributed by atoms with E-state index in [1.807, 2.05) is 0 Å². The molecular formula is C15H8BrCl2N3O2. The fourth-order valence-electron chi connectivity index (χ4n) is 1.84. The van der Waals surface area contributed by atoms with E-state index in [0.29, 0.717) is 21.2 Å². The molecule has 0 atom stereocenters. The fourth-order valence-corrected chi connectivity index (χ4v) is 2.63. The first kappa shape index (κ1) is 16.0. The van der Waals surface area contributed by atoms with Crippen molar-refractivity contribution < 1.29 is 9.21 Å². The summed E-state index contributed by atoms with van der Waals surface area (Å²) >= 11 is 15.2. The van der Waals surface area contributed by atoms with Gasteiger partial charge in [0.2, 0.25) is 5.89 Å². The molecule has 0 fully saturated rings. The fraction of sp³-hybridized carbons (Fsp3) is 0. The van der Waals surface area contributed by atoms with Gasteiger partial charge in [-0.3, -0.25) is 10.1 Å². The van der Waals surface area contributed by atoms with Crippen LogP contribution in [0.1, 0.15) is 10.4 Å². The number of rotatable bonds is 3. The summed E-state index contributed by atoms with van der Waals surface area (Å²) in [7, 11) is 0. The molecule has 5 nitrogen and oxygen atoms in total. The minimum atomic E-state index is -0.350. The predicted molar refractivity (Wildman–Crippen MR) is 91.8 cm³/mol. The molecule has 8 heteroatoms. The molecule has 0 bridgehead atoms. The van der Waals surface area contributed by atoms with Crippen LogP contribution in [0.25, 0.3) is 11.5 Å². The van der Waals surface area contributed by atoms with Gasteiger partial charge in [0, 0.05) is 25.6 Å². The lowest BCUT2D eigenvalue weighted by Gasteiger charge is -2.00. The molecule has 0 saturated heterocycles. The third-order valence-electron chi connectivity index (χ3n) is 2.86. The van der Waals surface area contributed by atoms with Gasteiger partial charge in [-0.15, -0.1) is 5.10 Å². The molecule has 116 valence electrons. The van der Waals surface area contributed by atoms with E-state index in [1.165, 1.54) is 0 Å². The molecule has 2 aromatic carbocycles. The van der Waals surface area contributed by atoms with Gasteiger partial charge in [-0.2, -0.15) is 0 Å². The van der Waals surface area contributed by atoms with Crippen molar-refractivity contribution in [2.45, 2.75) is 0 Å². The minimum Gasteiger partial charge on any atom is -0.403 e. The number of benzene rings is 2. The van der Waals surface area contributed by atoms with Crippen LogP contribution < -0.4 is 5.32 Å². The molecule has 1 heterocycles. The number of hydrogen-bond acceptors (Lipinski definition) is 4. The van der Waals surface area contributed by atoms with E-state index in [2.05, 4.69) is 31.4 Å². The van der Waals surface area contributed by atoms with Crippen molar-refractivity contribution in [3.8, 4) is 11.5 Å². The van der Waals surface area contributed by atoms with Gasteiger partial charge in [-0.25, -0.2) is 0 Å². The summed E-state index contributed by atoms with van der Waals surface area (Å²) < 4.78 is 6.30. The molecule has 0 radical (unpaired) electrons.